The first kappa shape index (κ1) is 16.1. The zero-order valence-corrected chi connectivity index (χ0v) is 11.3. The maximum Gasteiger partial charge on any atom is 0.341 e. The van der Waals surface area contributed by atoms with E-state index in [9.17, 15) is 13.5 Å². The van der Waals surface area contributed by atoms with Gasteiger partial charge in [0.05, 0.1) is 0 Å². The molecule has 1 aromatic carbocycles. The molecular formula is C10H11FO6P2. The summed E-state index contributed by atoms with van der Waals surface area (Å²) in [5.74, 6) is 4.09. The Hall–Kier alpha value is -0.990. The van der Waals surface area contributed by atoms with Gasteiger partial charge < -0.3 is 19.6 Å². The lowest BCUT2D eigenvalue weighted by Crippen LogP contribution is -2.08. The maximum atomic E-state index is 12.8. The summed E-state index contributed by atoms with van der Waals surface area (Å²) in [6, 6.07) is 5.14. The fourth-order valence-electron chi connectivity index (χ4n) is 1.24. The van der Waals surface area contributed by atoms with Crippen LogP contribution in [-0.4, -0.2) is 25.0 Å². The van der Waals surface area contributed by atoms with Gasteiger partial charge in [0.15, 0.2) is 5.40 Å². The summed E-state index contributed by atoms with van der Waals surface area (Å²) >= 11 is 0. The van der Waals surface area contributed by atoms with Gasteiger partial charge in [0.25, 0.3) is 0 Å². The molecule has 0 fully saturated rings. The van der Waals surface area contributed by atoms with Gasteiger partial charge in [-0.1, -0.05) is 17.9 Å². The zero-order chi connectivity index (χ0) is 14.7. The molecule has 4 N–H and O–H groups in total. The Morgan fingerprint density at radius 3 is 2.21 bits per heavy atom. The molecule has 0 saturated carbocycles. The predicted molar refractivity (Wildman–Crippen MR) is 65.8 cm³/mol. The number of benzene rings is 1. The van der Waals surface area contributed by atoms with Crippen LogP contribution in [-0.2, 0) is 9.13 Å². The molecular weight excluding hydrogens is 297 g/mol. The molecule has 0 saturated heterocycles. The van der Waals surface area contributed by atoms with Gasteiger partial charge >= 0.3 is 15.2 Å². The van der Waals surface area contributed by atoms with E-state index in [1.165, 1.54) is 18.2 Å². The van der Waals surface area contributed by atoms with Crippen molar-refractivity contribution in [2.24, 2.45) is 0 Å². The summed E-state index contributed by atoms with van der Waals surface area (Å²) in [4.78, 5) is 35.4. The van der Waals surface area contributed by atoms with Crippen LogP contribution >= 0.6 is 15.2 Å². The minimum absolute atomic E-state index is 0.246. The van der Waals surface area contributed by atoms with Crippen LogP contribution in [0.3, 0.4) is 0 Å². The van der Waals surface area contributed by atoms with Crippen molar-refractivity contribution >= 4 is 15.2 Å². The highest BCUT2D eigenvalue weighted by molar-refractivity contribution is 7.70. The monoisotopic (exact) mass is 308 g/mol. The third kappa shape index (κ3) is 5.25. The van der Waals surface area contributed by atoms with Gasteiger partial charge in [0.1, 0.15) is 5.82 Å². The zero-order valence-electron chi connectivity index (χ0n) is 9.47. The Balaban J connectivity index is 2.91. The first-order chi connectivity index (χ1) is 8.60. The normalized spacial score (nSPS) is 12.1. The van der Waals surface area contributed by atoms with Crippen molar-refractivity contribution in [3.63, 3.8) is 0 Å². The van der Waals surface area contributed by atoms with Gasteiger partial charge in [-0.25, -0.2) is 4.39 Å². The number of hydrogen-bond acceptors (Lipinski definition) is 2. The lowest BCUT2D eigenvalue weighted by molar-refractivity contribution is 0.339. The minimum Gasteiger partial charge on any atom is -0.324 e. The fourth-order valence-corrected chi connectivity index (χ4v) is 3.47. The van der Waals surface area contributed by atoms with Gasteiger partial charge in [-0.05, 0) is 18.2 Å². The van der Waals surface area contributed by atoms with Crippen LogP contribution < -0.4 is 0 Å². The van der Waals surface area contributed by atoms with Gasteiger partial charge in [0, 0.05) is 12.0 Å². The molecule has 0 aliphatic heterocycles. The summed E-state index contributed by atoms with van der Waals surface area (Å²) in [6.07, 6.45) is -0.689. The van der Waals surface area contributed by atoms with Crippen molar-refractivity contribution in [3.05, 3.63) is 35.6 Å². The highest BCUT2D eigenvalue weighted by Crippen LogP contribution is 2.61. The summed E-state index contributed by atoms with van der Waals surface area (Å²) in [5.41, 5.74) is 0.246. The van der Waals surface area contributed by atoms with Crippen molar-refractivity contribution in [2.45, 2.75) is 11.8 Å². The Labute approximate surface area is 108 Å². The second-order valence-corrected chi connectivity index (χ2v) is 7.69. The predicted octanol–water partition coefficient (Wildman–Crippen LogP) is 1.25. The van der Waals surface area contributed by atoms with E-state index in [0.29, 0.717) is 0 Å². The number of halogens is 1. The lowest BCUT2D eigenvalue weighted by Gasteiger charge is -2.16. The molecule has 0 bridgehead atoms. The van der Waals surface area contributed by atoms with Crippen LogP contribution in [0.4, 0.5) is 4.39 Å². The summed E-state index contributed by atoms with van der Waals surface area (Å²) in [5, 5.41) is -2.17. The Kier molecular flexibility index (Phi) is 5.05. The van der Waals surface area contributed by atoms with E-state index in [2.05, 4.69) is 11.8 Å². The quantitative estimate of drug-likeness (QED) is 0.493. The Morgan fingerprint density at radius 1 is 1.16 bits per heavy atom. The van der Waals surface area contributed by atoms with E-state index < -0.39 is 32.8 Å². The molecule has 0 radical (unpaired) electrons. The Morgan fingerprint density at radius 2 is 1.74 bits per heavy atom. The number of rotatable bonds is 3. The molecule has 0 spiro atoms. The third-order valence-corrected chi connectivity index (χ3v) is 5.84. The van der Waals surface area contributed by atoms with Crippen LogP contribution in [0, 0.1) is 17.7 Å². The average molecular weight is 308 g/mol. The van der Waals surface area contributed by atoms with Gasteiger partial charge in [0.2, 0.25) is 0 Å². The molecule has 0 aliphatic carbocycles. The minimum atomic E-state index is -4.97. The molecule has 6 nitrogen and oxygen atoms in total. The Bertz CT molecular complexity index is 586. The molecule has 1 rings (SSSR count). The van der Waals surface area contributed by atoms with Crippen molar-refractivity contribution < 1.29 is 33.1 Å². The van der Waals surface area contributed by atoms with Crippen LogP contribution in [0.15, 0.2) is 24.3 Å². The van der Waals surface area contributed by atoms with E-state index >= 15 is 0 Å². The largest absolute Gasteiger partial charge is 0.341 e. The smallest absolute Gasteiger partial charge is 0.324 e. The SMILES string of the molecule is O=P(O)(O)C(CC#Cc1cccc(F)c1)P(=O)(O)O. The highest BCUT2D eigenvalue weighted by atomic mass is 31.2. The highest BCUT2D eigenvalue weighted by Gasteiger charge is 2.42. The third-order valence-electron chi connectivity index (χ3n) is 2.12. The molecule has 0 aromatic heterocycles. The van der Waals surface area contributed by atoms with E-state index in [1.807, 2.05) is 0 Å². The molecule has 0 aliphatic rings. The molecule has 0 unspecified atom stereocenters. The lowest BCUT2D eigenvalue weighted by atomic mass is 10.2. The van der Waals surface area contributed by atoms with Crippen LogP contribution in [0.2, 0.25) is 0 Å². The fraction of sp³-hybridized carbons (Fsp3) is 0.200. The van der Waals surface area contributed by atoms with Gasteiger partial charge in [-0.15, -0.1) is 0 Å². The molecule has 1 aromatic rings. The maximum absolute atomic E-state index is 12.8. The van der Waals surface area contributed by atoms with Crippen molar-refractivity contribution in [2.75, 3.05) is 0 Å². The summed E-state index contributed by atoms with van der Waals surface area (Å²) in [6.45, 7) is 0. The van der Waals surface area contributed by atoms with Gasteiger partial charge in [-0.2, -0.15) is 0 Å². The molecule has 9 heteroatoms. The summed E-state index contributed by atoms with van der Waals surface area (Å²) in [7, 11) is -9.94. The van der Waals surface area contributed by atoms with Crippen molar-refractivity contribution in [1.29, 1.82) is 0 Å². The average Bonchev–Trinajstić information content (AvgIpc) is 2.21. The van der Waals surface area contributed by atoms with Gasteiger partial charge in [-0.3, -0.25) is 9.13 Å². The van der Waals surface area contributed by atoms with Crippen LogP contribution in [0.25, 0.3) is 0 Å². The van der Waals surface area contributed by atoms with Crippen molar-refractivity contribution in [3.8, 4) is 11.8 Å². The van der Waals surface area contributed by atoms with E-state index in [4.69, 9.17) is 19.6 Å². The van der Waals surface area contributed by atoms with Crippen LogP contribution in [0.1, 0.15) is 12.0 Å². The van der Waals surface area contributed by atoms with E-state index in [1.54, 1.807) is 0 Å². The first-order valence-corrected chi connectivity index (χ1v) is 8.32. The van der Waals surface area contributed by atoms with E-state index in [-0.39, 0.29) is 5.56 Å². The topological polar surface area (TPSA) is 115 Å². The van der Waals surface area contributed by atoms with Crippen molar-refractivity contribution in [1.82, 2.24) is 0 Å². The first-order valence-electron chi connectivity index (χ1n) is 4.95. The second kappa shape index (κ2) is 5.98. The molecule has 0 atom stereocenters. The summed E-state index contributed by atoms with van der Waals surface area (Å²) < 4.78 is 34.7. The molecule has 0 amide bonds. The van der Waals surface area contributed by atoms with Crippen LogP contribution in [0.5, 0.6) is 0 Å². The molecule has 104 valence electrons. The second-order valence-electron chi connectivity index (χ2n) is 3.68. The molecule has 0 heterocycles. The molecule has 19 heavy (non-hydrogen) atoms. The standard InChI is InChI=1S/C10H11FO6P2/c11-9-5-1-3-8(7-9)4-2-6-10(18(12,13)14)19(15,16)17/h1,3,5,7,10H,6H2,(H2,12,13,14)(H2,15,16,17). The van der Waals surface area contributed by atoms with E-state index in [0.717, 1.165) is 6.07 Å². The number of hydrogen-bond donors (Lipinski definition) is 4.